The third-order valence-electron chi connectivity index (χ3n) is 4.56. The van der Waals surface area contributed by atoms with Crippen LogP contribution in [0.2, 0.25) is 5.02 Å². The maximum Gasteiger partial charge on any atom is 0.308 e. The second kappa shape index (κ2) is 8.49. The van der Waals surface area contributed by atoms with Gasteiger partial charge in [0.15, 0.2) is 0 Å². The van der Waals surface area contributed by atoms with Gasteiger partial charge in [-0.3, -0.25) is 14.4 Å². The molecule has 1 aliphatic heterocycles. The Hall–Kier alpha value is -3.12. The normalized spacial score (nSPS) is 18.2. The van der Waals surface area contributed by atoms with E-state index in [4.69, 9.17) is 16.3 Å². The number of nitrogens with zero attached hydrogens (tertiary/aromatic N) is 1. The predicted octanol–water partition coefficient (Wildman–Crippen LogP) is 4.10. The molecule has 0 spiro atoms. The fraction of sp³-hybridized carbons (Fsp3) is 0.227. The second-order valence-electron chi connectivity index (χ2n) is 6.67. The lowest BCUT2D eigenvalue weighted by atomic mass is 9.95. The zero-order chi connectivity index (χ0) is 21.1. The molecule has 2 aromatic rings. The van der Waals surface area contributed by atoms with Gasteiger partial charge in [0.2, 0.25) is 0 Å². The number of amides is 1. The van der Waals surface area contributed by atoms with Gasteiger partial charge in [-0.05, 0) is 48.4 Å². The average molecular weight is 414 g/mol. The van der Waals surface area contributed by atoms with Crippen molar-refractivity contribution in [3.63, 3.8) is 0 Å². The lowest BCUT2D eigenvalue weighted by molar-refractivity contribution is -0.139. The average Bonchev–Trinajstić information content (AvgIpc) is 2.93. The first kappa shape index (κ1) is 20.6. The van der Waals surface area contributed by atoms with Gasteiger partial charge in [0.1, 0.15) is 11.5 Å². The van der Waals surface area contributed by atoms with Gasteiger partial charge in [0.25, 0.3) is 11.7 Å². The van der Waals surface area contributed by atoms with Gasteiger partial charge in [0, 0.05) is 24.1 Å². The molecule has 0 aliphatic carbocycles. The Balaban J connectivity index is 2.16. The first-order valence-corrected chi connectivity index (χ1v) is 9.54. The summed E-state index contributed by atoms with van der Waals surface area (Å²) in [6, 6.07) is 12.1. The SMILES string of the molecule is CCCN1C(=O)C(=O)/C(=C(\O)c2ccc(Cl)cc2)C1c1cccc(OC(C)=O)c1. The fourth-order valence-electron chi connectivity index (χ4n) is 3.38. The van der Waals surface area contributed by atoms with Crippen LogP contribution in [0.1, 0.15) is 37.4 Å². The van der Waals surface area contributed by atoms with Gasteiger partial charge < -0.3 is 14.7 Å². The van der Waals surface area contributed by atoms with Crippen LogP contribution in [0.4, 0.5) is 0 Å². The molecule has 3 rings (SSSR count). The predicted molar refractivity (Wildman–Crippen MR) is 109 cm³/mol. The minimum atomic E-state index is -0.791. The molecule has 0 bridgehead atoms. The highest BCUT2D eigenvalue weighted by Crippen LogP contribution is 2.40. The molecule has 0 saturated carbocycles. The van der Waals surface area contributed by atoms with Crippen LogP contribution in [0, 0.1) is 0 Å². The smallest absolute Gasteiger partial charge is 0.308 e. The van der Waals surface area contributed by atoms with Crippen molar-refractivity contribution < 1.29 is 24.2 Å². The maximum atomic E-state index is 12.8. The van der Waals surface area contributed by atoms with Crippen molar-refractivity contribution in [1.82, 2.24) is 4.90 Å². The molecule has 0 radical (unpaired) electrons. The van der Waals surface area contributed by atoms with E-state index in [0.717, 1.165) is 0 Å². The molecule has 1 heterocycles. The summed E-state index contributed by atoms with van der Waals surface area (Å²) in [7, 11) is 0. The first-order valence-electron chi connectivity index (χ1n) is 9.16. The Bertz CT molecular complexity index is 997. The monoisotopic (exact) mass is 413 g/mol. The summed E-state index contributed by atoms with van der Waals surface area (Å²) in [4.78, 5) is 38.2. The number of aliphatic hydroxyl groups is 1. The number of Topliss-reactive ketones (excluding diaryl/α,β-unsaturated/α-hetero) is 1. The standard InChI is InChI=1S/C22H20ClNO5/c1-3-11-24-19(15-5-4-6-17(12-15)29-13(2)25)18(21(27)22(24)28)20(26)14-7-9-16(23)10-8-14/h4-10,12,19,26H,3,11H2,1-2H3/b20-18-. The molecule has 0 aromatic heterocycles. The second-order valence-corrected chi connectivity index (χ2v) is 7.10. The van der Waals surface area contributed by atoms with Crippen molar-refractivity contribution in [3.8, 4) is 5.75 Å². The van der Waals surface area contributed by atoms with E-state index < -0.39 is 23.7 Å². The number of aliphatic hydroxyl groups excluding tert-OH is 1. The van der Waals surface area contributed by atoms with Crippen molar-refractivity contribution in [3.05, 3.63) is 70.3 Å². The van der Waals surface area contributed by atoms with Crippen LogP contribution in [0.15, 0.2) is 54.1 Å². The molecule has 1 atom stereocenters. The highest BCUT2D eigenvalue weighted by atomic mass is 35.5. The van der Waals surface area contributed by atoms with Crippen LogP contribution in [-0.2, 0) is 14.4 Å². The van der Waals surface area contributed by atoms with Crippen LogP contribution < -0.4 is 4.74 Å². The summed E-state index contributed by atoms with van der Waals surface area (Å²) in [5, 5.41) is 11.4. The van der Waals surface area contributed by atoms with Gasteiger partial charge in [-0.25, -0.2) is 0 Å². The molecule has 1 saturated heterocycles. The number of esters is 1. The minimum Gasteiger partial charge on any atom is -0.507 e. The molecule has 1 unspecified atom stereocenters. The summed E-state index contributed by atoms with van der Waals surface area (Å²) in [5.74, 6) is -1.89. The number of halogens is 1. The van der Waals surface area contributed by atoms with Crippen LogP contribution in [0.5, 0.6) is 5.75 Å². The van der Waals surface area contributed by atoms with Gasteiger partial charge >= 0.3 is 5.97 Å². The Labute approximate surface area is 173 Å². The van der Waals surface area contributed by atoms with Gasteiger partial charge in [0.05, 0.1) is 11.6 Å². The molecular formula is C22H20ClNO5. The van der Waals surface area contributed by atoms with Crippen molar-refractivity contribution in [2.45, 2.75) is 26.3 Å². The number of hydrogen-bond donors (Lipinski definition) is 1. The minimum absolute atomic E-state index is 0.00857. The quantitative estimate of drug-likeness (QED) is 0.262. The number of ether oxygens (including phenoxy) is 1. The number of benzene rings is 2. The summed E-state index contributed by atoms with van der Waals surface area (Å²) in [6.07, 6.45) is 0.633. The highest BCUT2D eigenvalue weighted by molar-refractivity contribution is 6.46. The zero-order valence-electron chi connectivity index (χ0n) is 16.0. The molecular weight excluding hydrogens is 394 g/mol. The largest absolute Gasteiger partial charge is 0.507 e. The lowest BCUT2D eigenvalue weighted by Gasteiger charge is -2.25. The Morgan fingerprint density at radius 3 is 2.48 bits per heavy atom. The van der Waals surface area contributed by atoms with E-state index >= 15 is 0 Å². The third-order valence-corrected chi connectivity index (χ3v) is 4.81. The van der Waals surface area contributed by atoms with Crippen molar-refractivity contribution >= 4 is 35.0 Å². The van der Waals surface area contributed by atoms with Crippen LogP contribution in [0.3, 0.4) is 0 Å². The number of likely N-dealkylation sites (tertiary alicyclic amines) is 1. The van der Waals surface area contributed by atoms with E-state index in [0.29, 0.717) is 34.9 Å². The van der Waals surface area contributed by atoms with E-state index in [-0.39, 0.29) is 11.3 Å². The highest BCUT2D eigenvalue weighted by Gasteiger charge is 2.45. The maximum absolute atomic E-state index is 12.8. The zero-order valence-corrected chi connectivity index (χ0v) is 16.8. The van der Waals surface area contributed by atoms with Crippen LogP contribution >= 0.6 is 11.6 Å². The van der Waals surface area contributed by atoms with E-state index in [9.17, 15) is 19.5 Å². The van der Waals surface area contributed by atoms with E-state index in [1.807, 2.05) is 6.92 Å². The molecule has 1 N–H and O–H groups in total. The summed E-state index contributed by atoms with van der Waals surface area (Å²) >= 11 is 5.91. The summed E-state index contributed by atoms with van der Waals surface area (Å²) in [6.45, 7) is 3.52. The van der Waals surface area contributed by atoms with Crippen LogP contribution in [-0.4, -0.2) is 34.2 Å². The number of rotatable bonds is 5. The van der Waals surface area contributed by atoms with Crippen molar-refractivity contribution in [2.24, 2.45) is 0 Å². The van der Waals surface area contributed by atoms with Gasteiger partial charge in [-0.2, -0.15) is 0 Å². The van der Waals surface area contributed by atoms with Gasteiger partial charge in [-0.15, -0.1) is 0 Å². The molecule has 1 fully saturated rings. The molecule has 1 amide bonds. The number of ketones is 1. The molecule has 150 valence electrons. The molecule has 1 aliphatic rings. The van der Waals surface area contributed by atoms with E-state index in [1.54, 1.807) is 48.5 Å². The van der Waals surface area contributed by atoms with Crippen LogP contribution in [0.25, 0.3) is 5.76 Å². The topological polar surface area (TPSA) is 83.9 Å². The number of hydrogen-bond acceptors (Lipinski definition) is 5. The Kier molecular flexibility index (Phi) is 6.03. The molecule has 2 aromatic carbocycles. The Morgan fingerprint density at radius 2 is 1.86 bits per heavy atom. The first-order chi connectivity index (χ1) is 13.8. The number of carbonyl (C=O) groups is 3. The Morgan fingerprint density at radius 1 is 1.17 bits per heavy atom. The van der Waals surface area contributed by atoms with Crippen molar-refractivity contribution in [2.75, 3.05) is 6.54 Å². The summed E-state index contributed by atoms with van der Waals surface area (Å²) < 4.78 is 5.14. The lowest BCUT2D eigenvalue weighted by Crippen LogP contribution is -2.30. The number of carbonyl (C=O) groups excluding carboxylic acids is 3. The van der Waals surface area contributed by atoms with Crippen molar-refractivity contribution in [1.29, 1.82) is 0 Å². The van der Waals surface area contributed by atoms with E-state index in [2.05, 4.69) is 0 Å². The molecule has 7 heteroatoms. The van der Waals surface area contributed by atoms with Gasteiger partial charge in [-0.1, -0.05) is 30.7 Å². The third kappa shape index (κ3) is 4.17. The van der Waals surface area contributed by atoms with E-state index in [1.165, 1.54) is 11.8 Å². The summed E-state index contributed by atoms with van der Waals surface area (Å²) in [5.41, 5.74) is 0.933. The molecule has 29 heavy (non-hydrogen) atoms. The molecule has 6 nitrogen and oxygen atoms in total. The fourth-order valence-corrected chi connectivity index (χ4v) is 3.50.